The van der Waals surface area contributed by atoms with Crippen LogP contribution in [0.15, 0.2) is 0 Å². The third-order valence-corrected chi connectivity index (χ3v) is 3.18. The van der Waals surface area contributed by atoms with Gasteiger partial charge in [0.1, 0.15) is 5.78 Å². The summed E-state index contributed by atoms with van der Waals surface area (Å²) in [6.07, 6.45) is 2.32. The van der Waals surface area contributed by atoms with Crippen LogP contribution in [-0.4, -0.2) is 22.9 Å². The maximum atomic E-state index is 11.5. The molecule has 0 aromatic carbocycles. The molecule has 0 aromatic heterocycles. The van der Waals surface area contributed by atoms with Crippen molar-refractivity contribution < 1.29 is 4.79 Å². The third-order valence-electron chi connectivity index (χ3n) is 3.18. The Morgan fingerprint density at radius 3 is 2.12 bits per heavy atom. The van der Waals surface area contributed by atoms with E-state index in [9.17, 15) is 4.79 Å². The lowest BCUT2D eigenvalue weighted by Gasteiger charge is -2.19. The summed E-state index contributed by atoms with van der Waals surface area (Å²) in [7, 11) is 0. The average molecular weight is 235 g/mol. The van der Waals surface area contributed by atoms with Gasteiger partial charge in [-0.2, -0.15) is 0 Å². The minimum atomic E-state index is -0.491. The molecular formula is C13H21N3O. The van der Waals surface area contributed by atoms with Crippen molar-refractivity contribution in [2.24, 2.45) is 17.8 Å². The quantitative estimate of drug-likeness (QED) is 0.582. The summed E-state index contributed by atoms with van der Waals surface area (Å²) >= 11 is 0. The molecule has 0 radical (unpaired) electrons. The topological polar surface area (TPSA) is 88.6 Å². The van der Waals surface area contributed by atoms with Crippen LogP contribution in [0, 0.1) is 34.0 Å². The molecule has 0 spiro atoms. The fraction of sp³-hybridized carbons (Fsp3) is 0.692. The molecule has 1 rings (SSSR count). The number of carbonyl (C=O) groups excluding carboxylic acids is 1. The van der Waals surface area contributed by atoms with E-state index in [1.807, 2.05) is 13.8 Å². The second kappa shape index (κ2) is 5.34. The first-order valence-corrected chi connectivity index (χ1v) is 6.08. The predicted molar refractivity (Wildman–Crippen MR) is 69.5 cm³/mol. The van der Waals surface area contributed by atoms with Gasteiger partial charge in [0.2, 0.25) is 0 Å². The molecular weight excluding hydrogens is 214 g/mol. The molecule has 0 aromatic rings. The standard InChI is InChI=1S/C13H21N3O/c1-7(2)12(8(3)17)13(16)11(15)6-10(14)9-4-5-9/h7,9,12,14-16H,4-6H2,1-3H3. The number of nitrogens with one attached hydrogen (secondary N) is 3. The summed E-state index contributed by atoms with van der Waals surface area (Å²) in [4.78, 5) is 11.5. The van der Waals surface area contributed by atoms with E-state index < -0.39 is 5.92 Å². The molecule has 17 heavy (non-hydrogen) atoms. The lowest BCUT2D eigenvalue weighted by molar-refractivity contribution is -0.119. The Labute approximate surface area is 102 Å². The summed E-state index contributed by atoms with van der Waals surface area (Å²) in [6.45, 7) is 5.25. The van der Waals surface area contributed by atoms with Crippen LogP contribution in [-0.2, 0) is 4.79 Å². The number of hydrogen-bond acceptors (Lipinski definition) is 4. The first-order chi connectivity index (χ1) is 7.84. The fourth-order valence-corrected chi connectivity index (χ4v) is 2.06. The highest BCUT2D eigenvalue weighted by Gasteiger charge is 2.30. The van der Waals surface area contributed by atoms with Gasteiger partial charge in [0.05, 0.1) is 17.3 Å². The van der Waals surface area contributed by atoms with Crippen LogP contribution >= 0.6 is 0 Å². The van der Waals surface area contributed by atoms with E-state index >= 15 is 0 Å². The van der Waals surface area contributed by atoms with Gasteiger partial charge in [0.15, 0.2) is 0 Å². The molecule has 4 heteroatoms. The summed E-state index contributed by atoms with van der Waals surface area (Å²) in [6, 6.07) is 0. The highest BCUT2D eigenvalue weighted by Crippen LogP contribution is 2.31. The summed E-state index contributed by atoms with van der Waals surface area (Å²) in [5.41, 5.74) is 0.777. The third kappa shape index (κ3) is 3.58. The van der Waals surface area contributed by atoms with Gasteiger partial charge in [-0.1, -0.05) is 13.8 Å². The van der Waals surface area contributed by atoms with Crippen LogP contribution < -0.4 is 0 Å². The Kier molecular flexibility index (Phi) is 4.32. The zero-order chi connectivity index (χ0) is 13.2. The van der Waals surface area contributed by atoms with Gasteiger partial charge in [-0.15, -0.1) is 0 Å². The molecule has 1 fully saturated rings. The van der Waals surface area contributed by atoms with Crippen LogP contribution in [0.2, 0.25) is 0 Å². The average Bonchev–Trinajstić information content (AvgIpc) is 2.98. The maximum absolute atomic E-state index is 11.5. The van der Waals surface area contributed by atoms with E-state index in [1.165, 1.54) is 6.92 Å². The molecule has 1 aliphatic rings. The van der Waals surface area contributed by atoms with Gasteiger partial charge < -0.3 is 16.2 Å². The SMILES string of the molecule is CC(=O)C(C(=N)C(=N)CC(=N)C1CC1)C(C)C. The first kappa shape index (κ1) is 13.7. The molecule has 0 heterocycles. The molecule has 1 atom stereocenters. The minimum Gasteiger partial charge on any atom is -0.309 e. The second-order valence-corrected chi connectivity index (χ2v) is 5.20. The number of rotatable bonds is 7. The van der Waals surface area contributed by atoms with Crippen molar-refractivity contribution in [3.8, 4) is 0 Å². The van der Waals surface area contributed by atoms with Gasteiger partial charge in [-0.25, -0.2) is 0 Å². The van der Waals surface area contributed by atoms with Crippen molar-refractivity contribution >= 4 is 22.9 Å². The van der Waals surface area contributed by atoms with Crippen molar-refractivity contribution in [3.63, 3.8) is 0 Å². The van der Waals surface area contributed by atoms with Gasteiger partial charge in [-0.05, 0) is 31.6 Å². The smallest absolute Gasteiger partial charge is 0.139 e. The fourth-order valence-electron chi connectivity index (χ4n) is 2.06. The lowest BCUT2D eigenvalue weighted by Crippen LogP contribution is -2.33. The van der Waals surface area contributed by atoms with E-state index in [1.54, 1.807) is 0 Å². The van der Waals surface area contributed by atoms with Crippen molar-refractivity contribution in [2.75, 3.05) is 0 Å². The van der Waals surface area contributed by atoms with Crippen LogP contribution in [0.5, 0.6) is 0 Å². The Morgan fingerprint density at radius 1 is 1.24 bits per heavy atom. The predicted octanol–water partition coefficient (Wildman–Crippen LogP) is 2.71. The molecule has 0 aliphatic heterocycles. The Bertz CT molecular complexity index is 367. The first-order valence-electron chi connectivity index (χ1n) is 6.08. The molecule has 0 saturated heterocycles. The van der Waals surface area contributed by atoms with Crippen molar-refractivity contribution in [1.82, 2.24) is 0 Å². The highest BCUT2D eigenvalue weighted by molar-refractivity contribution is 6.46. The van der Waals surface area contributed by atoms with Crippen molar-refractivity contribution in [3.05, 3.63) is 0 Å². The summed E-state index contributed by atoms with van der Waals surface area (Å²) in [5, 5.41) is 23.5. The van der Waals surface area contributed by atoms with Gasteiger partial charge in [-0.3, -0.25) is 4.79 Å². The summed E-state index contributed by atoms with van der Waals surface area (Å²) < 4.78 is 0. The van der Waals surface area contributed by atoms with Crippen molar-refractivity contribution in [1.29, 1.82) is 16.2 Å². The molecule has 1 unspecified atom stereocenters. The Morgan fingerprint density at radius 2 is 1.76 bits per heavy atom. The monoisotopic (exact) mass is 235 g/mol. The molecule has 3 N–H and O–H groups in total. The van der Waals surface area contributed by atoms with Gasteiger partial charge in [0.25, 0.3) is 0 Å². The highest BCUT2D eigenvalue weighted by atomic mass is 16.1. The molecule has 94 valence electrons. The molecule has 0 amide bonds. The largest absolute Gasteiger partial charge is 0.309 e. The van der Waals surface area contributed by atoms with Gasteiger partial charge >= 0.3 is 0 Å². The molecule has 1 aliphatic carbocycles. The zero-order valence-electron chi connectivity index (χ0n) is 10.8. The number of carbonyl (C=O) groups is 1. The van der Waals surface area contributed by atoms with E-state index in [4.69, 9.17) is 16.2 Å². The van der Waals surface area contributed by atoms with Crippen molar-refractivity contribution in [2.45, 2.75) is 40.0 Å². The number of ketones is 1. The van der Waals surface area contributed by atoms with Crippen LogP contribution in [0.1, 0.15) is 40.0 Å². The molecule has 1 saturated carbocycles. The van der Waals surface area contributed by atoms with Crippen LogP contribution in [0.3, 0.4) is 0 Å². The normalized spacial score (nSPS) is 16.7. The van der Waals surface area contributed by atoms with Crippen LogP contribution in [0.25, 0.3) is 0 Å². The second-order valence-electron chi connectivity index (χ2n) is 5.20. The minimum absolute atomic E-state index is 0.0375. The summed E-state index contributed by atoms with van der Waals surface area (Å²) in [5.74, 6) is -0.185. The van der Waals surface area contributed by atoms with E-state index in [0.29, 0.717) is 11.6 Å². The molecule has 0 bridgehead atoms. The lowest BCUT2D eigenvalue weighted by atomic mass is 9.84. The van der Waals surface area contributed by atoms with Crippen LogP contribution in [0.4, 0.5) is 0 Å². The van der Waals surface area contributed by atoms with E-state index in [0.717, 1.165) is 12.8 Å². The van der Waals surface area contributed by atoms with E-state index in [2.05, 4.69) is 0 Å². The maximum Gasteiger partial charge on any atom is 0.139 e. The van der Waals surface area contributed by atoms with E-state index in [-0.39, 0.29) is 29.5 Å². The van der Waals surface area contributed by atoms with Gasteiger partial charge in [0, 0.05) is 12.1 Å². The number of Topliss-reactive ketones (excluding diaryl/α,β-unsaturated/α-hetero) is 1. The zero-order valence-corrected chi connectivity index (χ0v) is 10.8. The molecule has 4 nitrogen and oxygen atoms in total. The Hall–Kier alpha value is -1.32. The Balaban J connectivity index is 2.63. The number of hydrogen-bond donors (Lipinski definition) is 3.